The van der Waals surface area contributed by atoms with Gasteiger partial charge in [0.15, 0.2) is 0 Å². The zero-order chi connectivity index (χ0) is 15.0. The highest BCUT2D eigenvalue weighted by Gasteiger charge is 2.14. The van der Waals surface area contributed by atoms with Crippen molar-refractivity contribution >= 4 is 54.2 Å². The molecule has 3 rings (SSSR count). The van der Waals surface area contributed by atoms with E-state index in [1.165, 1.54) is 0 Å². The lowest BCUT2D eigenvalue weighted by Crippen LogP contribution is -2.12. The number of hydrogen-bond donors (Lipinski definition) is 1. The molecule has 0 aliphatic heterocycles. The molecule has 0 saturated heterocycles. The van der Waals surface area contributed by atoms with Gasteiger partial charge in [0.05, 0.1) is 6.04 Å². The molecule has 21 heavy (non-hydrogen) atoms. The standard InChI is InChI=1S/C17H12Br2ClN/c18-11-7-10(8-12(20)9-11)17(21)15-5-6-16(19)14-4-2-1-3-13(14)15/h1-9,17H,21H2. The van der Waals surface area contributed by atoms with Gasteiger partial charge in [0.25, 0.3) is 0 Å². The summed E-state index contributed by atoms with van der Waals surface area (Å²) in [5.74, 6) is 0. The molecular weight excluding hydrogens is 413 g/mol. The van der Waals surface area contributed by atoms with E-state index in [0.29, 0.717) is 5.02 Å². The highest BCUT2D eigenvalue weighted by Crippen LogP contribution is 2.33. The van der Waals surface area contributed by atoms with Crippen molar-refractivity contribution < 1.29 is 0 Å². The van der Waals surface area contributed by atoms with Gasteiger partial charge in [-0.25, -0.2) is 0 Å². The fourth-order valence-electron chi connectivity index (χ4n) is 2.49. The Morgan fingerprint density at radius 1 is 0.905 bits per heavy atom. The van der Waals surface area contributed by atoms with Crippen LogP contribution >= 0.6 is 43.5 Å². The third kappa shape index (κ3) is 3.02. The first-order valence-electron chi connectivity index (χ1n) is 6.45. The molecule has 0 heterocycles. The molecule has 0 saturated carbocycles. The van der Waals surface area contributed by atoms with Crippen LogP contribution in [0.25, 0.3) is 10.8 Å². The van der Waals surface area contributed by atoms with Crippen molar-refractivity contribution in [2.24, 2.45) is 5.73 Å². The van der Waals surface area contributed by atoms with E-state index in [9.17, 15) is 0 Å². The molecule has 2 N–H and O–H groups in total. The van der Waals surface area contributed by atoms with Crippen molar-refractivity contribution in [3.05, 3.63) is 79.7 Å². The quantitative estimate of drug-likeness (QED) is 0.530. The van der Waals surface area contributed by atoms with Crippen LogP contribution in [0, 0.1) is 0 Å². The average Bonchev–Trinajstić information content (AvgIpc) is 2.46. The van der Waals surface area contributed by atoms with E-state index in [2.05, 4.69) is 50.1 Å². The molecular formula is C17H12Br2ClN. The maximum atomic E-state index is 6.48. The molecule has 0 amide bonds. The summed E-state index contributed by atoms with van der Waals surface area (Å²) >= 11 is 13.2. The summed E-state index contributed by atoms with van der Waals surface area (Å²) in [5.41, 5.74) is 8.55. The summed E-state index contributed by atoms with van der Waals surface area (Å²) in [6.45, 7) is 0. The summed E-state index contributed by atoms with van der Waals surface area (Å²) in [6, 6.07) is 17.9. The summed E-state index contributed by atoms with van der Waals surface area (Å²) < 4.78 is 2.00. The van der Waals surface area contributed by atoms with Gasteiger partial charge in [-0.15, -0.1) is 0 Å². The minimum absolute atomic E-state index is 0.224. The molecule has 0 aromatic heterocycles. The lowest BCUT2D eigenvalue weighted by atomic mass is 9.94. The van der Waals surface area contributed by atoms with Gasteiger partial charge in [-0.2, -0.15) is 0 Å². The molecule has 3 aromatic carbocycles. The lowest BCUT2D eigenvalue weighted by Gasteiger charge is -2.17. The minimum atomic E-state index is -0.224. The third-order valence-electron chi connectivity index (χ3n) is 3.48. The Hall–Kier alpha value is -0.870. The van der Waals surface area contributed by atoms with Crippen LogP contribution in [0.1, 0.15) is 17.2 Å². The second-order valence-electron chi connectivity index (χ2n) is 4.86. The summed E-state index contributed by atoms with van der Waals surface area (Å²) in [4.78, 5) is 0. The molecule has 1 nitrogen and oxygen atoms in total. The maximum absolute atomic E-state index is 6.48. The van der Waals surface area contributed by atoms with Crippen LogP contribution in [0.4, 0.5) is 0 Å². The van der Waals surface area contributed by atoms with Crippen molar-refractivity contribution in [2.75, 3.05) is 0 Å². The average molecular weight is 426 g/mol. The molecule has 1 unspecified atom stereocenters. The van der Waals surface area contributed by atoms with Crippen molar-refractivity contribution in [3.63, 3.8) is 0 Å². The first-order chi connectivity index (χ1) is 10.1. The monoisotopic (exact) mass is 423 g/mol. The van der Waals surface area contributed by atoms with Crippen molar-refractivity contribution in [3.8, 4) is 0 Å². The van der Waals surface area contributed by atoms with E-state index in [1.54, 1.807) is 0 Å². The zero-order valence-electron chi connectivity index (χ0n) is 11.0. The molecule has 1 atom stereocenters. The largest absolute Gasteiger partial charge is 0.320 e. The Morgan fingerprint density at radius 2 is 1.62 bits per heavy atom. The van der Waals surface area contributed by atoms with Crippen LogP contribution in [0.2, 0.25) is 5.02 Å². The highest BCUT2D eigenvalue weighted by atomic mass is 79.9. The second kappa shape index (κ2) is 6.09. The Kier molecular flexibility index (Phi) is 4.36. The molecule has 0 spiro atoms. The smallest absolute Gasteiger partial charge is 0.0558 e. The van der Waals surface area contributed by atoms with Crippen LogP contribution in [-0.2, 0) is 0 Å². The third-order valence-corrected chi connectivity index (χ3v) is 4.85. The number of hydrogen-bond acceptors (Lipinski definition) is 1. The van der Waals surface area contributed by atoms with E-state index in [4.69, 9.17) is 17.3 Å². The van der Waals surface area contributed by atoms with E-state index in [0.717, 1.165) is 30.8 Å². The molecule has 4 heteroatoms. The van der Waals surface area contributed by atoms with Crippen molar-refractivity contribution in [2.45, 2.75) is 6.04 Å². The molecule has 106 valence electrons. The van der Waals surface area contributed by atoms with Crippen LogP contribution in [0.15, 0.2) is 63.5 Å². The molecule has 3 aromatic rings. The number of nitrogens with two attached hydrogens (primary N) is 1. The van der Waals surface area contributed by atoms with Gasteiger partial charge in [0.2, 0.25) is 0 Å². The van der Waals surface area contributed by atoms with Gasteiger partial charge in [-0.3, -0.25) is 0 Å². The predicted octanol–water partition coefficient (Wildman–Crippen LogP) is 6.07. The van der Waals surface area contributed by atoms with Crippen molar-refractivity contribution in [1.82, 2.24) is 0 Å². The Morgan fingerprint density at radius 3 is 2.33 bits per heavy atom. The van der Waals surface area contributed by atoms with Gasteiger partial charge in [0.1, 0.15) is 0 Å². The Labute approximate surface area is 145 Å². The summed E-state index contributed by atoms with van der Waals surface area (Å²) in [7, 11) is 0. The SMILES string of the molecule is NC(c1cc(Cl)cc(Br)c1)c1ccc(Br)c2ccccc12. The van der Waals surface area contributed by atoms with Crippen LogP contribution < -0.4 is 5.73 Å². The minimum Gasteiger partial charge on any atom is -0.320 e. The number of fused-ring (bicyclic) bond motifs is 1. The first kappa shape index (κ1) is 15.0. The zero-order valence-corrected chi connectivity index (χ0v) is 14.9. The topological polar surface area (TPSA) is 26.0 Å². The van der Waals surface area contributed by atoms with E-state index in [-0.39, 0.29) is 6.04 Å². The van der Waals surface area contributed by atoms with Gasteiger partial charge in [-0.05, 0) is 46.2 Å². The van der Waals surface area contributed by atoms with Crippen LogP contribution in [0.3, 0.4) is 0 Å². The van der Waals surface area contributed by atoms with Gasteiger partial charge in [-0.1, -0.05) is 73.8 Å². The summed E-state index contributed by atoms with van der Waals surface area (Å²) in [5, 5.41) is 2.98. The number of benzene rings is 3. The van der Waals surface area contributed by atoms with E-state index in [1.807, 2.05) is 36.4 Å². The van der Waals surface area contributed by atoms with Gasteiger partial charge in [0, 0.05) is 14.0 Å². The Bertz CT molecular complexity index is 797. The molecule has 0 bridgehead atoms. The fourth-order valence-corrected chi connectivity index (χ4v) is 3.86. The molecule has 0 aliphatic carbocycles. The number of halogens is 3. The van der Waals surface area contributed by atoms with Crippen LogP contribution in [0.5, 0.6) is 0 Å². The molecule has 0 radical (unpaired) electrons. The van der Waals surface area contributed by atoms with Crippen molar-refractivity contribution in [1.29, 1.82) is 0 Å². The second-order valence-corrected chi connectivity index (χ2v) is 7.07. The molecule has 0 fully saturated rings. The normalized spacial score (nSPS) is 12.6. The maximum Gasteiger partial charge on any atom is 0.0558 e. The van der Waals surface area contributed by atoms with E-state index < -0.39 is 0 Å². The predicted molar refractivity (Wildman–Crippen MR) is 96.8 cm³/mol. The molecule has 0 aliphatic rings. The lowest BCUT2D eigenvalue weighted by molar-refractivity contribution is 0.879. The Balaban J connectivity index is 2.18. The van der Waals surface area contributed by atoms with Gasteiger partial charge < -0.3 is 5.73 Å². The summed E-state index contributed by atoms with van der Waals surface area (Å²) in [6.07, 6.45) is 0. The van der Waals surface area contributed by atoms with Crippen LogP contribution in [-0.4, -0.2) is 0 Å². The van der Waals surface area contributed by atoms with Gasteiger partial charge >= 0.3 is 0 Å². The first-order valence-corrected chi connectivity index (χ1v) is 8.41. The fraction of sp³-hybridized carbons (Fsp3) is 0.0588. The number of rotatable bonds is 2. The van der Waals surface area contributed by atoms with E-state index >= 15 is 0 Å². The highest BCUT2D eigenvalue weighted by molar-refractivity contribution is 9.11.